The Kier molecular flexibility index (Phi) is 4.14. The average Bonchev–Trinajstić information content (AvgIpc) is 2.86. The normalized spacial score (nSPS) is 10.2. The fourth-order valence-electron chi connectivity index (χ4n) is 1.89. The molecule has 2 aromatic heterocycles. The molecule has 104 valence electrons. The van der Waals surface area contributed by atoms with Gasteiger partial charge in [-0.3, -0.25) is 14.6 Å². The Bertz CT molecular complexity index is 607. The summed E-state index contributed by atoms with van der Waals surface area (Å²) in [6.45, 7) is 0.142. The number of carboxylic acid groups (broad SMARTS) is 1. The van der Waals surface area contributed by atoms with Gasteiger partial charge in [-0.05, 0) is 24.3 Å². The summed E-state index contributed by atoms with van der Waals surface area (Å²) < 4.78 is 1.42. The zero-order valence-electron chi connectivity index (χ0n) is 11.1. The van der Waals surface area contributed by atoms with E-state index in [1.165, 1.54) is 9.47 Å². The monoisotopic (exact) mass is 273 g/mol. The van der Waals surface area contributed by atoms with Crippen LogP contribution in [0.5, 0.6) is 0 Å². The van der Waals surface area contributed by atoms with Gasteiger partial charge in [-0.1, -0.05) is 6.07 Å². The number of pyridine rings is 1. The number of aromatic nitrogens is 2. The van der Waals surface area contributed by atoms with Gasteiger partial charge in [0.2, 0.25) is 0 Å². The standard InChI is InChI=1S/C14H15N3O3/c1-16(9-11-5-2-3-7-15-11)14(20)12-6-4-8-17(12)10-13(18)19/h2-8H,9-10H2,1H3,(H,18,19). The lowest BCUT2D eigenvalue weighted by Crippen LogP contribution is -2.29. The fraction of sp³-hybridized carbons (Fsp3) is 0.214. The lowest BCUT2D eigenvalue weighted by molar-refractivity contribution is -0.137. The van der Waals surface area contributed by atoms with Crippen LogP contribution in [-0.2, 0) is 17.9 Å². The van der Waals surface area contributed by atoms with E-state index in [0.29, 0.717) is 12.2 Å². The van der Waals surface area contributed by atoms with Gasteiger partial charge in [0, 0.05) is 19.4 Å². The van der Waals surface area contributed by atoms with E-state index >= 15 is 0 Å². The number of aliphatic carboxylic acids is 1. The van der Waals surface area contributed by atoms with Gasteiger partial charge in [0.25, 0.3) is 5.91 Å². The summed E-state index contributed by atoms with van der Waals surface area (Å²) in [5, 5.41) is 8.81. The molecule has 2 aromatic rings. The van der Waals surface area contributed by atoms with Crippen molar-refractivity contribution in [1.29, 1.82) is 0 Å². The summed E-state index contributed by atoms with van der Waals surface area (Å²) in [5.41, 5.74) is 1.13. The molecular weight excluding hydrogens is 258 g/mol. The molecule has 0 saturated carbocycles. The smallest absolute Gasteiger partial charge is 0.323 e. The summed E-state index contributed by atoms with van der Waals surface area (Å²) in [5.74, 6) is -1.22. The number of carbonyl (C=O) groups excluding carboxylic acids is 1. The maximum Gasteiger partial charge on any atom is 0.323 e. The van der Waals surface area contributed by atoms with Crippen molar-refractivity contribution in [2.24, 2.45) is 0 Å². The highest BCUT2D eigenvalue weighted by atomic mass is 16.4. The first-order valence-corrected chi connectivity index (χ1v) is 6.10. The van der Waals surface area contributed by atoms with E-state index in [1.54, 1.807) is 31.6 Å². The molecular formula is C14H15N3O3. The van der Waals surface area contributed by atoms with Crippen LogP contribution < -0.4 is 0 Å². The van der Waals surface area contributed by atoms with Crippen LogP contribution >= 0.6 is 0 Å². The van der Waals surface area contributed by atoms with E-state index in [0.717, 1.165) is 5.69 Å². The van der Waals surface area contributed by atoms with Gasteiger partial charge in [0.05, 0.1) is 12.2 Å². The number of carboxylic acids is 1. The Morgan fingerprint density at radius 2 is 2.10 bits per heavy atom. The van der Waals surface area contributed by atoms with E-state index in [1.807, 2.05) is 18.2 Å². The molecule has 0 aliphatic heterocycles. The summed E-state index contributed by atoms with van der Waals surface area (Å²) in [6.07, 6.45) is 3.25. The first-order valence-electron chi connectivity index (χ1n) is 6.10. The SMILES string of the molecule is CN(Cc1ccccn1)C(=O)c1cccn1CC(=O)O. The molecule has 0 aromatic carbocycles. The zero-order chi connectivity index (χ0) is 14.5. The molecule has 0 spiro atoms. The Morgan fingerprint density at radius 1 is 1.30 bits per heavy atom. The van der Waals surface area contributed by atoms with Gasteiger partial charge < -0.3 is 14.6 Å². The van der Waals surface area contributed by atoms with Crippen molar-refractivity contribution in [1.82, 2.24) is 14.5 Å². The van der Waals surface area contributed by atoms with Gasteiger partial charge in [-0.15, -0.1) is 0 Å². The average molecular weight is 273 g/mol. The molecule has 0 fully saturated rings. The molecule has 0 aliphatic rings. The molecule has 0 atom stereocenters. The highest BCUT2D eigenvalue weighted by Gasteiger charge is 2.17. The van der Waals surface area contributed by atoms with Crippen molar-refractivity contribution >= 4 is 11.9 Å². The van der Waals surface area contributed by atoms with E-state index in [9.17, 15) is 9.59 Å². The van der Waals surface area contributed by atoms with Crippen molar-refractivity contribution in [3.63, 3.8) is 0 Å². The number of carbonyl (C=O) groups is 2. The van der Waals surface area contributed by atoms with Crippen LogP contribution in [0, 0.1) is 0 Å². The van der Waals surface area contributed by atoms with Crippen molar-refractivity contribution in [2.75, 3.05) is 7.05 Å². The van der Waals surface area contributed by atoms with Gasteiger partial charge in [0.15, 0.2) is 0 Å². The van der Waals surface area contributed by atoms with Gasteiger partial charge in [-0.25, -0.2) is 0 Å². The molecule has 0 saturated heterocycles. The number of nitrogens with zero attached hydrogens (tertiary/aromatic N) is 3. The Morgan fingerprint density at radius 3 is 2.75 bits per heavy atom. The molecule has 0 unspecified atom stereocenters. The van der Waals surface area contributed by atoms with Gasteiger partial charge >= 0.3 is 5.97 Å². The van der Waals surface area contributed by atoms with Crippen LogP contribution in [-0.4, -0.2) is 38.5 Å². The summed E-state index contributed by atoms with van der Waals surface area (Å²) in [7, 11) is 1.66. The van der Waals surface area contributed by atoms with Gasteiger partial charge in [-0.2, -0.15) is 0 Å². The molecule has 1 amide bonds. The molecule has 2 rings (SSSR count). The molecule has 0 aliphatic carbocycles. The van der Waals surface area contributed by atoms with Crippen molar-refractivity contribution in [3.8, 4) is 0 Å². The molecule has 6 heteroatoms. The maximum absolute atomic E-state index is 12.3. The second kappa shape index (κ2) is 6.01. The van der Waals surface area contributed by atoms with Crippen LogP contribution in [0.25, 0.3) is 0 Å². The van der Waals surface area contributed by atoms with Crippen LogP contribution in [0.2, 0.25) is 0 Å². The highest BCUT2D eigenvalue weighted by Crippen LogP contribution is 2.08. The number of amides is 1. The largest absolute Gasteiger partial charge is 0.480 e. The van der Waals surface area contributed by atoms with Crippen molar-refractivity contribution in [3.05, 3.63) is 54.1 Å². The summed E-state index contributed by atoms with van der Waals surface area (Å²) >= 11 is 0. The van der Waals surface area contributed by atoms with Crippen molar-refractivity contribution < 1.29 is 14.7 Å². The second-order valence-corrected chi connectivity index (χ2v) is 4.40. The third-order valence-corrected chi connectivity index (χ3v) is 2.83. The molecule has 1 N–H and O–H groups in total. The van der Waals surface area contributed by atoms with Crippen LogP contribution in [0.1, 0.15) is 16.2 Å². The maximum atomic E-state index is 12.3. The first kappa shape index (κ1) is 13.8. The molecule has 6 nitrogen and oxygen atoms in total. The number of rotatable bonds is 5. The number of hydrogen-bond donors (Lipinski definition) is 1. The minimum absolute atomic E-state index is 0.231. The third-order valence-electron chi connectivity index (χ3n) is 2.83. The Balaban J connectivity index is 2.11. The van der Waals surface area contributed by atoms with E-state index < -0.39 is 5.97 Å². The van der Waals surface area contributed by atoms with E-state index in [2.05, 4.69) is 4.98 Å². The third kappa shape index (κ3) is 3.23. The van der Waals surface area contributed by atoms with E-state index in [-0.39, 0.29) is 12.5 Å². The topological polar surface area (TPSA) is 75.4 Å². The predicted molar refractivity (Wildman–Crippen MR) is 72.1 cm³/mol. The lowest BCUT2D eigenvalue weighted by Gasteiger charge is -2.17. The number of hydrogen-bond acceptors (Lipinski definition) is 3. The minimum Gasteiger partial charge on any atom is -0.480 e. The predicted octanol–water partition coefficient (Wildman–Crippen LogP) is 1.24. The van der Waals surface area contributed by atoms with Crippen LogP contribution in [0.15, 0.2) is 42.7 Å². The van der Waals surface area contributed by atoms with Crippen LogP contribution in [0.4, 0.5) is 0 Å². The van der Waals surface area contributed by atoms with Gasteiger partial charge in [0.1, 0.15) is 12.2 Å². The molecule has 20 heavy (non-hydrogen) atoms. The van der Waals surface area contributed by atoms with Crippen LogP contribution in [0.3, 0.4) is 0 Å². The minimum atomic E-state index is -0.984. The first-order chi connectivity index (χ1) is 9.58. The highest BCUT2D eigenvalue weighted by molar-refractivity contribution is 5.92. The fourth-order valence-corrected chi connectivity index (χ4v) is 1.89. The molecule has 0 bridgehead atoms. The van der Waals surface area contributed by atoms with E-state index in [4.69, 9.17) is 5.11 Å². The zero-order valence-corrected chi connectivity index (χ0v) is 11.1. The Hall–Kier alpha value is -2.63. The van der Waals surface area contributed by atoms with Crippen molar-refractivity contribution in [2.45, 2.75) is 13.1 Å². The summed E-state index contributed by atoms with van der Waals surface area (Å²) in [6, 6.07) is 8.77. The molecule has 0 radical (unpaired) electrons. The second-order valence-electron chi connectivity index (χ2n) is 4.40. The lowest BCUT2D eigenvalue weighted by atomic mass is 10.3. The molecule has 2 heterocycles. The summed E-state index contributed by atoms with van der Waals surface area (Å²) in [4.78, 5) is 28.7. The Labute approximate surface area is 116 Å². The quantitative estimate of drug-likeness (QED) is 0.889.